The second kappa shape index (κ2) is 5.00. The lowest BCUT2D eigenvalue weighted by Gasteiger charge is -2.35. The standard InChI is InChI=1S/C18H21NO2/c1-12-2-4-13(5-3-12)18-7-6-15(21-18)10-19-9-14-8-17(20)16(14)11-19/h2-7,14,16-17,20H,8-11H2,1H3/t14-,16+,17-/m1/s1. The van der Waals surface area contributed by atoms with Gasteiger partial charge in [0.1, 0.15) is 11.5 Å². The van der Waals surface area contributed by atoms with Gasteiger partial charge in [0.25, 0.3) is 0 Å². The van der Waals surface area contributed by atoms with Crippen molar-refractivity contribution < 1.29 is 9.52 Å². The first-order chi connectivity index (χ1) is 10.2. The van der Waals surface area contributed by atoms with E-state index in [0.29, 0.717) is 11.8 Å². The molecule has 1 N–H and O–H groups in total. The minimum Gasteiger partial charge on any atom is -0.460 e. The van der Waals surface area contributed by atoms with Crippen molar-refractivity contribution >= 4 is 0 Å². The molecule has 3 heteroatoms. The summed E-state index contributed by atoms with van der Waals surface area (Å²) in [5.41, 5.74) is 2.39. The average molecular weight is 283 g/mol. The maximum atomic E-state index is 9.73. The van der Waals surface area contributed by atoms with Gasteiger partial charge in [0.05, 0.1) is 12.6 Å². The Morgan fingerprint density at radius 3 is 2.67 bits per heavy atom. The Bertz CT molecular complexity index is 631. The van der Waals surface area contributed by atoms with E-state index in [1.165, 1.54) is 5.56 Å². The molecule has 4 rings (SSSR count). The highest BCUT2D eigenvalue weighted by atomic mass is 16.3. The number of fused-ring (bicyclic) bond motifs is 1. The van der Waals surface area contributed by atoms with E-state index in [1.807, 2.05) is 0 Å². The number of aliphatic hydroxyl groups is 1. The Labute approximate surface area is 125 Å². The van der Waals surface area contributed by atoms with Crippen molar-refractivity contribution in [1.82, 2.24) is 4.90 Å². The lowest BCUT2D eigenvalue weighted by atomic mass is 9.74. The summed E-state index contributed by atoms with van der Waals surface area (Å²) in [6.07, 6.45) is 0.910. The first kappa shape index (κ1) is 13.1. The Hall–Kier alpha value is -1.58. The van der Waals surface area contributed by atoms with Crippen LogP contribution in [0.4, 0.5) is 0 Å². The minimum absolute atomic E-state index is 0.0697. The molecule has 2 heterocycles. The molecule has 0 bridgehead atoms. The molecule has 0 radical (unpaired) electrons. The van der Waals surface area contributed by atoms with Gasteiger partial charge in [0, 0.05) is 24.6 Å². The van der Waals surface area contributed by atoms with Crippen LogP contribution in [0.5, 0.6) is 0 Å². The molecule has 21 heavy (non-hydrogen) atoms. The van der Waals surface area contributed by atoms with Crippen LogP contribution >= 0.6 is 0 Å². The molecule has 2 fully saturated rings. The zero-order chi connectivity index (χ0) is 14.4. The predicted molar refractivity (Wildman–Crippen MR) is 81.8 cm³/mol. The Balaban J connectivity index is 1.44. The number of rotatable bonds is 3. The van der Waals surface area contributed by atoms with Gasteiger partial charge in [-0.15, -0.1) is 0 Å². The van der Waals surface area contributed by atoms with E-state index in [0.717, 1.165) is 43.1 Å². The third kappa shape index (κ3) is 2.41. The maximum absolute atomic E-state index is 9.73. The Kier molecular flexibility index (Phi) is 3.12. The largest absolute Gasteiger partial charge is 0.460 e. The summed E-state index contributed by atoms with van der Waals surface area (Å²) in [7, 11) is 0. The first-order valence-electron chi connectivity index (χ1n) is 7.75. The highest BCUT2D eigenvalue weighted by Gasteiger charge is 2.46. The molecule has 1 aromatic carbocycles. The molecule has 1 aliphatic carbocycles. The second-order valence-electron chi connectivity index (χ2n) is 6.55. The normalized spacial score (nSPS) is 28.4. The van der Waals surface area contributed by atoms with E-state index in [4.69, 9.17) is 4.42 Å². The lowest BCUT2D eigenvalue weighted by Crippen LogP contribution is -2.39. The van der Waals surface area contributed by atoms with E-state index >= 15 is 0 Å². The number of benzene rings is 1. The van der Waals surface area contributed by atoms with Gasteiger partial charge in [0.15, 0.2) is 0 Å². The molecule has 1 saturated carbocycles. The summed E-state index contributed by atoms with van der Waals surface area (Å²) in [5, 5.41) is 9.73. The summed E-state index contributed by atoms with van der Waals surface area (Å²) < 4.78 is 5.99. The van der Waals surface area contributed by atoms with Crippen molar-refractivity contribution in [3.63, 3.8) is 0 Å². The van der Waals surface area contributed by atoms with Gasteiger partial charge in [0.2, 0.25) is 0 Å². The molecule has 1 aliphatic heterocycles. The number of nitrogens with zero attached hydrogens (tertiary/aromatic N) is 1. The van der Waals surface area contributed by atoms with Gasteiger partial charge in [-0.2, -0.15) is 0 Å². The molecule has 1 aromatic heterocycles. The summed E-state index contributed by atoms with van der Waals surface area (Å²) in [4.78, 5) is 2.41. The third-order valence-electron chi connectivity index (χ3n) is 4.98. The summed E-state index contributed by atoms with van der Waals surface area (Å²) in [6.45, 7) is 5.05. The maximum Gasteiger partial charge on any atom is 0.134 e. The highest BCUT2D eigenvalue weighted by molar-refractivity contribution is 5.57. The molecule has 0 spiro atoms. The van der Waals surface area contributed by atoms with Crippen LogP contribution in [-0.2, 0) is 6.54 Å². The molecule has 110 valence electrons. The van der Waals surface area contributed by atoms with Crippen molar-refractivity contribution in [2.24, 2.45) is 11.8 Å². The van der Waals surface area contributed by atoms with Gasteiger partial charge in [-0.1, -0.05) is 29.8 Å². The average Bonchev–Trinajstić information content (AvgIpc) is 3.05. The zero-order valence-corrected chi connectivity index (χ0v) is 12.3. The van der Waals surface area contributed by atoms with E-state index in [-0.39, 0.29) is 6.10 Å². The fourth-order valence-corrected chi connectivity index (χ4v) is 3.65. The van der Waals surface area contributed by atoms with Crippen LogP contribution in [0.2, 0.25) is 0 Å². The number of hydrogen-bond donors (Lipinski definition) is 1. The Morgan fingerprint density at radius 1 is 1.14 bits per heavy atom. The van der Waals surface area contributed by atoms with Crippen molar-refractivity contribution in [2.75, 3.05) is 13.1 Å². The van der Waals surface area contributed by atoms with Crippen molar-refractivity contribution in [2.45, 2.75) is 26.0 Å². The van der Waals surface area contributed by atoms with Crippen LogP contribution < -0.4 is 0 Å². The number of aliphatic hydroxyl groups excluding tert-OH is 1. The van der Waals surface area contributed by atoms with Crippen molar-refractivity contribution in [3.8, 4) is 11.3 Å². The fourth-order valence-electron chi connectivity index (χ4n) is 3.65. The van der Waals surface area contributed by atoms with Gasteiger partial charge < -0.3 is 9.52 Å². The minimum atomic E-state index is -0.0697. The van der Waals surface area contributed by atoms with Crippen LogP contribution in [0.25, 0.3) is 11.3 Å². The fraction of sp³-hybridized carbons (Fsp3) is 0.444. The molecule has 0 amide bonds. The van der Waals surface area contributed by atoms with Gasteiger partial charge in [-0.05, 0) is 31.4 Å². The molecule has 3 atom stereocenters. The topological polar surface area (TPSA) is 36.6 Å². The van der Waals surface area contributed by atoms with Crippen LogP contribution in [0, 0.1) is 18.8 Å². The zero-order valence-electron chi connectivity index (χ0n) is 12.3. The quantitative estimate of drug-likeness (QED) is 0.940. The van der Waals surface area contributed by atoms with Crippen LogP contribution in [0.3, 0.4) is 0 Å². The number of hydrogen-bond acceptors (Lipinski definition) is 3. The SMILES string of the molecule is Cc1ccc(-c2ccc(CN3C[C@H]4C[C@@H](O)[C@H]4C3)o2)cc1. The van der Waals surface area contributed by atoms with Crippen molar-refractivity contribution in [1.29, 1.82) is 0 Å². The van der Waals surface area contributed by atoms with Crippen molar-refractivity contribution in [3.05, 3.63) is 47.7 Å². The lowest BCUT2D eigenvalue weighted by molar-refractivity contribution is -0.00436. The number of likely N-dealkylation sites (tertiary alicyclic amines) is 1. The van der Waals surface area contributed by atoms with Gasteiger partial charge >= 0.3 is 0 Å². The van der Waals surface area contributed by atoms with E-state index in [9.17, 15) is 5.11 Å². The van der Waals surface area contributed by atoms with Gasteiger partial charge in [-0.3, -0.25) is 4.90 Å². The molecular weight excluding hydrogens is 262 g/mol. The first-order valence-corrected chi connectivity index (χ1v) is 7.75. The highest BCUT2D eigenvalue weighted by Crippen LogP contribution is 2.41. The molecule has 3 nitrogen and oxygen atoms in total. The molecule has 1 saturated heterocycles. The van der Waals surface area contributed by atoms with Crippen LogP contribution in [-0.4, -0.2) is 29.2 Å². The molecule has 0 unspecified atom stereocenters. The second-order valence-corrected chi connectivity index (χ2v) is 6.55. The number of furan rings is 1. The smallest absolute Gasteiger partial charge is 0.134 e. The van der Waals surface area contributed by atoms with E-state index in [1.54, 1.807) is 0 Å². The Morgan fingerprint density at radius 2 is 1.95 bits per heavy atom. The van der Waals surface area contributed by atoms with E-state index < -0.39 is 0 Å². The van der Waals surface area contributed by atoms with Crippen LogP contribution in [0.1, 0.15) is 17.7 Å². The van der Waals surface area contributed by atoms with E-state index in [2.05, 4.69) is 48.2 Å². The molecule has 2 aromatic rings. The third-order valence-corrected chi connectivity index (χ3v) is 4.98. The molecular formula is C18H21NO2. The summed E-state index contributed by atoms with van der Waals surface area (Å²) in [6, 6.07) is 12.5. The molecule has 2 aliphatic rings. The van der Waals surface area contributed by atoms with Gasteiger partial charge in [-0.25, -0.2) is 0 Å². The summed E-state index contributed by atoms with van der Waals surface area (Å²) in [5.74, 6) is 3.15. The predicted octanol–water partition coefficient (Wildman–Crippen LogP) is 3.07. The monoisotopic (exact) mass is 283 g/mol. The summed E-state index contributed by atoms with van der Waals surface area (Å²) >= 11 is 0. The number of aryl methyl sites for hydroxylation is 1. The van der Waals surface area contributed by atoms with Crippen LogP contribution in [0.15, 0.2) is 40.8 Å².